The number of carbonyl (C=O) groups excluding carboxylic acids is 2. The molecule has 9 nitrogen and oxygen atoms in total. The van der Waals surface area contributed by atoms with Crippen molar-refractivity contribution in [2.45, 2.75) is 58.0 Å². The van der Waals surface area contributed by atoms with Crippen LogP contribution < -0.4 is 9.47 Å². The first-order valence-corrected chi connectivity index (χ1v) is 12.4. The molecule has 37 heavy (non-hydrogen) atoms. The van der Waals surface area contributed by atoms with Crippen LogP contribution in [0.1, 0.15) is 49.5 Å². The zero-order valence-electron chi connectivity index (χ0n) is 22.6. The van der Waals surface area contributed by atoms with E-state index in [0.717, 1.165) is 5.56 Å². The van der Waals surface area contributed by atoms with Crippen LogP contribution in [-0.2, 0) is 20.9 Å². The second-order valence-electron chi connectivity index (χ2n) is 9.85. The zero-order valence-corrected chi connectivity index (χ0v) is 22.6. The Morgan fingerprint density at radius 2 is 1.76 bits per heavy atom. The zero-order chi connectivity index (χ0) is 27.0. The van der Waals surface area contributed by atoms with E-state index >= 15 is 0 Å². The van der Waals surface area contributed by atoms with Gasteiger partial charge in [0.25, 0.3) is 5.91 Å². The van der Waals surface area contributed by atoms with E-state index in [9.17, 15) is 9.59 Å². The molecule has 1 aliphatic rings. The molecule has 0 bridgehead atoms. The van der Waals surface area contributed by atoms with Crippen LogP contribution in [0, 0.1) is 0 Å². The van der Waals surface area contributed by atoms with E-state index in [1.807, 2.05) is 51.1 Å². The predicted octanol–water partition coefficient (Wildman–Crippen LogP) is 4.69. The van der Waals surface area contributed by atoms with E-state index in [0.29, 0.717) is 37.5 Å². The average Bonchev–Trinajstić information content (AvgIpc) is 3.10. The van der Waals surface area contributed by atoms with E-state index in [2.05, 4.69) is 0 Å². The normalized spacial score (nSPS) is 18.1. The van der Waals surface area contributed by atoms with Crippen LogP contribution in [0.2, 0.25) is 0 Å². The maximum Gasteiger partial charge on any atom is 0.410 e. The summed E-state index contributed by atoms with van der Waals surface area (Å²) < 4.78 is 22.8. The summed E-state index contributed by atoms with van der Waals surface area (Å²) in [7, 11) is 4.46. The van der Waals surface area contributed by atoms with E-state index in [1.165, 1.54) is 26.4 Å². The van der Waals surface area contributed by atoms with Crippen molar-refractivity contribution in [3.63, 3.8) is 0 Å². The molecular weight excluding hydrogens is 476 g/mol. The molecule has 3 rings (SSSR count). The highest BCUT2D eigenvalue weighted by atomic mass is 16.7. The Morgan fingerprint density at radius 1 is 1.03 bits per heavy atom. The fourth-order valence-electron chi connectivity index (χ4n) is 4.27. The lowest BCUT2D eigenvalue weighted by atomic mass is 10.1. The summed E-state index contributed by atoms with van der Waals surface area (Å²) >= 11 is 0. The molecule has 1 heterocycles. The van der Waals surface area contributed by atoms with Gasteiger partial charge in [0.1, 0.15) is 23.1 Å². The van der Waals surface area contributed by atoms with Gasteiger partial charge in [0.05, 0.1) is 39.6 Å². The third-order valence-electron chi connectivity index (χ3n) is 6.05. The molecule has 1 aliphatic heterocycles. The monoisotopic (exact) mass is 514 g/mol. The van der Waals surface area contributed by atoms with Crippen molar-refractivity contribution in [2.75, 3.05) is 34.4 Å². The fourth-order valence-corrected chi connectivity index (χ4v) is 4.27. The molecule has 1 fully saturated rings. The maximum atomic E-state index is 13.8. The molecule has 0 saturated carbocycles. The molecule has 0 radical (unpaired) electrons. The second kappa shape index (κ2) is 12.8. The first kappa shape index (κ1) is 28.3. The Hall–Kier alpha value is -3.30. The largest absolute Gasteiger partial charge is 0.497 e. The van der Waals surface area contributed by atoms with Gasteiger partial charge in [-0.15, -0.1) is 0 Å². The van der Waals surface area contributed by atoms with Crippen LogP contribution in [0.4, 0.5) is 4.79 Å². The van der Waals surface area contributed by atoms with Gasteiger partial charge in [-0.1, -0.05) is 30.3 Å². The lowest BCUT2D eigenvalue weighted by Gasteiger charge is -2.36. The van der Waals surface area contributed by atoms with E-state index in [-0.39, 0.29) is 12.1 Å². The SMILES string of the molecule is COc1ccc(OC)c(C(=O)N(OC)[C@@H]2CN(C(=O)OC(C)(C)C)CCC[C@H]2OCc2ccccc2)c1. The number of hydrogen-bond acceptors (Lipinski definition) is 7. The number of ether oxygens (including phenoxy) is 4. The Bertz CT molecular complexity index is 1040. The van der Waals surface area contributed by atoms with Gasteiger partial charge in [0.15, 0.2) is 0 Å². The Kier molecular flexibility index (Phi) is 9.77. The predicted molar refractivity (Wildman–Crippen MR) is 139 cm³/mol. The molecule has 1 saturated heterocycles. The average molecular weight is 515 g/mol. The van der Waals surface area contributed by atoms with Crippen molar-refractivity contribution < 1.29 is 33.4 Å². The molecule has 0 spiro atoms. The van der Waals surface area contributed by atoms with Crippen LogP contribution in [-0.4, -0.2) is 74.1 Å². The molecule has 0 aromatic heterocycles. The first-order chi connectivity index (χ1) is 17.7. The number of hydroxylamine groups is 2. The lowest BCUT2D eigenvalue weighted by molar-refractivity contribution is -0.160. The summed E-state index contributed by atoms with van der Waals surface area (Å²) in [5.41, 5.74) is 0.644. The van der Waals surface area contributed by atoms with Gasteiger partial charge in [-0.2, -0.15) is 0 Å². The number of nitrogens with zero attached hydrogens (tertiary/aromatic N) is 2. The van der Waals surface area contributed by atoms with E-state index in [1.54, 1.807) is 23.1 Å². The minimum atomic E-state index is -0.646. The number of benzene rings is 2. The molecule has 2 atom stereocenters. The molecule has 0 aliphatic carbocycles. The van der Waals surface area contributed by atoms with Gasteiger partial charge in [0.2, 0.25) is 0 Å². The van der Waals surface area contributed by atoms with Gasteiger partial charge in [0, 0.05) is 13.1 Å². The minimum Gasteiger partial charge on any atom is -0.497 e. The quantitative estimate of drug-likeness (QED) is 0.472. The van der Waals surface area contributed by atoms with Crippen molar-refractivity contribution in [3.8, 4) is 11.5 Å². The van der Waals surface area contributed by atoms with Gasteiger partial charge in [-0.25, -0.2) is 9.86 Å². The van der Waals surface area contributed by atoms with Gasteiger partial charge >= 0.3 is 6.09 Å². The van der Waals surface area contributed by atoms with Crippen LogP contribution in [0.3, 0.4) is 0 Å². The van der Waals surface area contributed by atoms with Crippen molar-refractivity contribution in [2.24, 2.45) is 0 Å². The third-order valence-corrected chi connectivity index (χ3v) is 6.05. The van der Waals surface area contributed by atoms with E-state index < -0.39 is 29.7 Å². The van der Waals surface area contributed by atoms with Crippen molar-refractivity contribution in [1.82, 2.24) is 9.96 Å². The number of likely N-dealkylation sites (tertiary alicyclic amines) is 1. The number of carbonyl (C=O) groups is 2. The standard InChI is InChI=1S/C28H38N2O7/c1-28(2,3)37-27(32)29-16-10-13-25(36-19-20-11-8-7-9-12-20)23(18-29)30(35-6)26(31)22-17-21(33-4)14-15-24(22)34-5/h7-9,11-12,14-15,17,23,25H,10,13,16,18-19H2,1-6H3/t23-,25-/m1/s1. The van der Waals surface area contributed by atoms with Crippen LogP contribution in [0.15, 0.2) is 48.5 Å². The van der Waals surface area contributed by atoms with Crippen LogP contribution >= 0.6 is 0 Å². The molecule has 9 heteroatoms. The Morgan fingerprint density at radius 3 is 2.38 bits per heavy atom. The highest BCUT2D eigenvalue weighted by Gasteiger charge is 2.39. The lowest BCUT2D eigenvalue weighted by Crippen LogP contribution is -2.53. The van der Waals surface area contributed by atoms with Crippen LogP contribution in [0.5, 0.6) is 11.5 Å². The maximum absolute atomic E-state index is 13.8. The van der Waals surface area contributed by atoms with Gasteiger partial charge in [-0.3, -0.25) is 9.63 Å². The van der Waals surface area contributed by atoms with Gasteiger partial charge < -0.3 is 23.8 Å². The number of methoxy groups -OCH3 is 2. The van der Waals surface area contributed by atoms with Crippen molar-refractivity contribution >= 4 is 12.0 Å². The number of rotatable bonds is 8. The summed E-state index contributed by atoms with van der Waals surface area (Å²) in [6, 6.07) is 14.2. The minimum absolute atomic E-state index is 0.181. The Labute approximate surface area is 219 Å². The summed E-state index contributed by atoms with van der Waals surface area (Å²) in [5.74, 6) is 0.461. The smallest absolute Gasteiger partial charge is 0.410 e. The summed E-state index contributed by atoms with van der Waals surface area (Å²) in [6.45, 7) is 6.50. The Balaban J connectivity index is 1.94. The first-order valence-electron chi connectivity index (χ1n) is 12.4. The molecule has 2 aromatic rings. The third kappa shape index (κ3) is 7.60. The number of amides is 2. The molecule has 2 aromatic carbocycles. The highest BCUT2D eigenvalue weighted by Crippen LogP contribution is 2.29. The second-order valence-corrected chi connectivity index (χ2v) is 9.85. The fraction of sp³-hybridized carbons (Fsp3) is 0.500. The van der Waals surface area contributed by atoms with Crippen molar-refractivity contribution in [3.05, 3.63) is 59.7 Å². The number of hydrogen-bond donors (Lipinski definition) is 0. The van der Waals surface area contributed by atoms with Crippen LogP contribution in [0.25, 0.3) is 0 Å². The van der Waals surface area contributed by atoms with Crippen molar-refractivity contribution in [1.29, 1.82) is 0 Å². The molecule has 2 amide bonds. The van der Waals surface area contributed by atoms with Gasteiger partial charge in [-0.05, 0) is 57.4 Å². The highest BCUT2D eigenvalue weighted by molar-refractivity contribution is 5.97. The summed E-state index contributed by atoms with van der Waals surface area (Å²) in [4.78, 5) is 34.1. The molecular formula is C28H38N2O7. The molecule has 0 N–H and O–H groups in total. The summed E-state index contributed by atoms with van der Waals surface area (Å²) in [6.07, 6.45) is 0.472. The molecule has 202 valence electrons. The molecule has 0 unspecified atom stereocenters. The topological polar surface area (TPSA) is 86.8 Å². The summed E-state index contributed by atoms with van der Waals surface area (Å²) in [5, 5.41) is 1.27. The van der Waals surface area contributed by atoms with E-state index in [4.69, 9.17) is 23.8 Å².